The lowest BCUT2D eigenvalue weighted by Gasteiger charge is -2.04. The molecule has 0 atom stereocenters. The van der Waals surface area contributed by atoms with Crippen LogP contribution in [0.4, 0.5) is 0 Å². The number of nitrogens with zero attached hydrogens (tertiary/aromatic N) is 1. The number of hydrogen-bond donors (Lipinski definition) is 1. The number of aromatic nitrogens is 1. The van der Waals surface area contributed by atoms with E-state index in [-0.39, 0.29) is 0 Å². The minimum atomic E-state index is 1.04. The van der Waals surface area contributed by atoms with Crippen molar-refractivity contribution >= 4 is 10.8 Å². The average molecular weight is 310 g/mol. The topological polar surface area (TPSA) is 24.9 Å². The molecule has 0 spiro atoms. The maximum Gasteiger partial charge on any atom is 0.0349 e. The molecule has 1 aliphatic heterocycles. The second kappa shape index (κ2) is 6.55. The van der Waals surface area contributed by atoms with E-state index in [2.05, 4.69) is 52.8 Å². The molecule has 2 heteroatoms. The fourth-order valence-corrected chi connectivity index (χ4v) is 3.20. The van der Waals surface area contributed by atoms with E-state index in [9.17, 15) is 0 Å². The van der Waals surface area contributed by atoms with Gasteiger partial charge in [0.15, 0.2) is 0 Å². The Kier molecular flexibility index (Phi) is 3.95. The Labute approximate surface area is 141 Å². The lowest BCUT2D eigenvalue weighted by atomic mass is 10.0. The Hall–Kier alpha value is -3.13. The molecule has 2 aliphatic rings. The molecule has 0 fully saturated rings. The van der Waals surface area contributed by atoms with Crippen molar-refractivity contribution in [2.45, 2.75) is 6.42 Å². The normalized spacial score (nSPS) is 13.5. The summed E-state index contributed by atoms with van der Waals surface area (Å²) in [7, 11) is 0. The summed E-state index contributed by atoms with van der Waals surface area (Å²) in [6.07, 6.45) is 16.5. The van der Waals surface area contributed by atoms with Crippen molar-refractivity contribution in [2.24, 2.45) is 0 Å². The van der Waals surface area contributed by atoms with E-state index < -0.39 is 0 Å². The van der Waals surface area contributed by atoms with Crippen LogP contribution in [0.1, 0.15) is 11.1 Å². The summed E-state index contributed by atoms with van der Waals surface area (Å²) in [4.78, 5) is 4.25. The third kappa shape index (κ3) is 2.74. The van der Waals surface area contributed by atoms with Gasteiger partial charge in [0.1, 0.15) is 0 Å². The van der Waals surface area contributed by atoms with Gasteiger partial charge in [-0.1, -0.05) is 48.6 Å². The molecule has 5 rings (SSSR count). The predicted molar refractivity (Wildman–Crippen MR) is 101 cm³/mol. The van der Waals surface area contributed by atoms with E-state index in [1.54, 1.807) is 0 Å². The van der Waals surface area contributed by atoms with Crippen molar-refractivity contribution in [3.8, 4) is 11.1 Å². The molecule has 2 heterocycles. The van der Waals surface area contributed by atoms with Crippen LogP contribution in [0.3, 0.4) is 0 Å². The van der Waals surface area contributed by atoms with Gasteiger partial charge < -0.3 is 5.32 Å². The minimum absolute atomic E-state index is 1.04. The monoisotopic (exact) mass is 310 g/mol. The van der Waals surface area contributed by atoms with Crippen molar-refractivity contribution in [3.63, 3.8) is 0 Å². The first-order valence-corrected chi connectivity index (χ1v) is 8.12. The van der Waals surface area contributed by atoms with Gasteiger partial charge in [-0.15, -0.1) is 0 Å². The maximum atomic E-state index is 4.25. The summed E-state index contributed by atoms with van der Waals surface area (Å²) < 4.78 is 0. The van der Waals surface area contributed by atoms with Gasteiger partial charge in [0, 0.05) is 30.2 Å². The van der Waals surface area contributed by atoms with Gasteiger partial charge in [-0.3, -0.25) is 4.98 Å². The molecule has 1 N–H and O–H groups in total. The lowest BCUT2D eigenvalue weighted by molar-refractivity contribution is 1.20. The summed E-state index contributed by atoms with van der Waals surface area (Å²) in [6.45, 7) is 0. The molecular formula is C22H18N2. The van der Waals surface area contributed by atoms with Gasteiger partial charge in [-0.2, -0.15) is 0 Å². The molecule has 0 bridgehead atoms. The van der Waals surface area contributed by atoms with Crippen molar-refractivity contribution in [3.05, 3.63) is 103 Å². The van der Waals surface area contributed by atoms with Crippen molar-refractivity contribution in [1.29, 1.82) is 0 Å². The quantitative estimate of drug-likeness (QED) is 0.495. The van der Waals surface area contributed by atoms with E-state index in [1.807, 2.05) is 49.1 Å². The minimum Gasteiger partial charge on any atom is -0.368 e. The van der Waals surface area contributed by atoms with Crippen molar-refractivity contribution in [1.82, 2.24) is 10.3 Å². The van der Waals surface area contributed by atoms with Crippen molar-refractivity contribution < 1.29 is 0 Å². The second-order valence-corrected chi connectivity index (χ2v) is 5.79. The molecule has 3 aromatic rings. The summed E-state index contributed by atoms with van der Waals surface area (Å²) >= 11 is 0. The zero-order valence-corrected chi connectivity index (χ0v) is 13.3. The number of benzene rings is 2. The van der Waals surface area contributed by atoms with Crippen LogP contribution in [0.5, 0.6) is 0 Å². The predicted octanol–water partition coefficient (Wildman–Crippen LogP) is 4.98. The Morgan fingerprint density at radius 3 is 2.50 bits per heavy atom. The zero-order valence-electron chi connectivity index (χ0n) is 13.3. The number of pyridine rings is 1. The summed E-state index contributed by atoms with van der Waals surface area (Å²) in [5, 5.41) is 5.50. The highest BCUT2D eigenvalue weighted by Crippen LogP contribution is 2.39. The molecule has 116 valence electrons. The van der Waals surface area contributed by atoms with E-state index in [1.165, 1.54) is 33.0 Å². The fourth-order valence-electron chi connectivity index (χ4n) is 3.20. The third-order valence-corrected chi connectivity index (χ3v) is 4.33. The van der Waals surface area contributed by atoms with Gasteiger partial charge in [0.25, 0.3) is 0 Å². The van der Waals surface area contributed by atoms with Crippen LogP contribution >= 0.6 is 0 Å². The number of rotatable bonds is 0. The fraction of sp³-hybridized carbons (Fsp3) is 0.0455. The van der Waals surface area contributed by atoms with Crippen LogP contribution in [0, 0.1) is 0 Å². The van der Waals surface area contributed by atoms with Crippen LogP contribution in [0.15, 0.2) is 91.6 Å². The summed E-state index contributed by atoms with van der Waals surface area (Å²) in [6, 6.07) is 15.2. The molecule has 0 radical (unpaired) electrons. The Balaban J connectivity index is 0.000000177. The maximum absolute atomic E-state index is 4.25. The molecule has 0 unspecified atom stereocenters. The summed E-state index contributed by atoms with van der Waals surface area (Å²) in [5.41, 5.74) is 5.62. The number of fused-ring (bicyclic) bond motifs is 5. The Morgan fingerprint density at radius 2 is 1.62 bits per heavy atom. The highest BCUT2D eigenvalue weighted by atomic mass is 14.8. The highest BCUT2D eigenvalue weighted by molar-refractivity contribution is 5.94. The molecule has 2 nitrogen and oxygen atoms in total. The smallest absolute Gasteiger partial charge is 0.0349 e. The van der Waals surface area contributed by atoms with E-state index >= 15 is 0 Å². The van der Waals surface area contributed by atoms with E-state index in [0.29, 0.717) is 0 Å². The van der Waals surface area contributed by atoms with E-state index in [0.717, 1.165) is 6.42 Å². The average Bonchev–Trinajstić information content (AvgIpc) is 2.81. The van der Waals surface area contributed by atoms with Gasteiger partial charge in [0.2, 0.25) is 0 Å². The standard InChI is InChI=1S/C16H11N.C6H7N/c1-2-4-13-12(3-1)9-15-14(13)6-5-11-7-8-17-10-16(11)15;1-2-4-6-7-5-3-1/h1-8,10H,9H2;1-7H. The third-order valence-electron chi connectivity index (χ3n) is 4.33. The van der Waals surface area contributed by atoms with Crippen LogP contribution in [0.2, 0.25) is 0 Å². The first-order chi connectivity index (χ1) is 11.9. The summed E-state index contributed by atoms with van der Waals surface area (Å²) in [5.74, 6) is 0. The molecule has 0 amide bonds. The first-order valence-electron chi connectivity index (χ1n) is 8.12. The SMILES string of the molecule is C1=CC=CNC=C1.c1ccc2c(c1)Cc1c-2ccc2ccncc12. The molecule has 1 aromatic heterocycles. The molecule has 0 saturated heterocycles. The van der Waals surface area contributed by atoms with Gasteiger partial charge in [-0.05, 0) is 52.3 Å². The molecule has 2 aromatic carbocycles. The van der Waals surface area contributed by atoms with E-state index in [4.69, 9.17) is 0 Å². The highest BCUT2D eigenvalue weighted by Gasteiger charge is 2.19. The van der Waals surface area contributed by atoms with Gasteiger partial charge >= 0.3 is 0 Å². The van der Waals surface area contributed by atoms with Crippen LogP contribution in [-0.4, -0.2) is 4.98 Å². The largest absolute Gasteiger partial charge is 0.368 e. The second-order valence-electron chi connectivity index (χ2n) is 5.79. The van der Waals surface area contributed by atoms with Crippen molar-refractivity contribution in [2.75, 3.05) is 0 Å². The van der Waals surface area contributed by atoms with Gasteiger partial charge in [-0.25, -0.2) is 0 Å². The number of hydrogen-bond acceptors (Lipinski definition) is 2. The number of allylic oxidation sites excluding steroid dienone is 4. The lowest BCUT2D eigenvalue weighted by Crippen LogP contribution is -1.87. The molecule has 24 heavy (non-hydrogen) atoms. The molecule has 0 saturated carbocycles. The first kappa shape index (κ1) is 14.5. The molecular weight excluding hydrogens is 292 g/mol. The molecule has 1 aliphatic carbocycles. The van der Waals surface area contributed by atoms with Crippen LogP contribution < -0.4 is 5.32 Å². The zero-order chi connectivity index (χ0) is 16.2. The number of nitrogens with one attached hydrogen (secondary N) is 1. The Bertz CT molecular complexity index is 951. The van der Waals surface area contributed by atoms with Crippen LogP contribution in [0.25, 0.3) is 21.9 Å². The van der Waals surface area contributed by atoms with Crippen LogP contribution in [-0.2, 0) is 6.42 Å². The van der Waals surface area contributed by atoms with Gasteiger partial charge in [0.05, 0.1) is 0 Å². The Morgan fingerprint density at radius 1 is 0.792 bits per heavy atom.